The molecule has 13 heavy (non-hydrogen) atoms. The van der Waals surface area contributed by atoms with E-state index in [1.165, 1.54) is 12.4 Å². The molecule has 0 atom stereocenters. The van der Waals surface area contributed by atoms with Gasteiger partial charge in [-0.25, -0.2) is 9.97 Å². The van der Waals surface area contributed by atoms with Crippen molar-refractivity contribution in [3.63, 3.8) is 0 Å². The van der Waals surface area contributed by atoms with Crippen LogP contribution in [0.4, 0.5) is 10.2 Å². The lowest BCUT2D eigenvalue weighted by Gasteiger charge is -2.02. The van der Waals surface area contributed by atoms with Crippen LogP contribution < -0.4 is 5.32 Å². The van der Waals surface area contributed by atoms with Gasteiger partial charge in [0, 0.05) is 19.0 Å². The molecule has 0 aromatic carbocycles. The number of nitrogens with zero attached hydrogens (tertiary/aromatic N) is 2. The molecule has 0 fully saturated rings. The molecule has 0 amide bonds. The molecule has 1 rings (SSSR count). The number of nitrogens with one attached hydrogen (secondary N) is 1. The molecule has 0 bridgehead atoms. The highest BCUT2D eigenvalue weighted by Crippen LogP contribution is 2.02. The Bertz CT molecular complexity index is 306. The Balaban J connectivity index is 2.33. The predicted molar refractivity (Wildman–Crippen MR) is 48.5 cm³/mol. The van der Waals surface area contributed by atoms with Gasteiger partial charge in [0.15, 0.2) is 0 Å². The first-order chi connectivity index (χ1) is 6.33. The van der Waals surface area contributed by atoms with Gasteiger partial charge >= 0.3 is 0 Å². The van der Waals surface area contributed by atoms with E-state index in [0.717, 1.165) is 6.42 Å². The lowest BCUT2D eigenvalue weighted by atomic mass is 10.3. The van der Waals surface area contributed by atoms with Gasteiger partial charge in [0.25, 0.3) is 0 Å². The molecule has 0 saturated carbocycles. The summed E-state index contributed by atoms with van der Waals surface area (Å²) < 4.78 is 12.5. The summed E-state index contributed by atoms with van der Waals surface area (Å²) in [7, 11) is 0. The van der Waals surface area contributed by atoms with Crippen molar-refractivity contribution in [2.75, 3.05) is 11.9 Å². The third-order valence-electron chi connectivity index (χ3n) is 1.44. The van der Waals surface area contributed by atoms with Gasteiger partial charge < -0.3 is 5.32 Å². The molecule has 1 aromatic rings. The number of unbranched alkanes of at least 4 members (excludes halogenated alkanes) is 1. The summed E-state index contributed by atoms with van der Waals surface area (Å²) in [5, 5.41) is 2.93. The molecule has 1 N–H and O–H groups in total. The van der Waals surface area contributed by atoms with Gasteiger partial charge in [-0.1, -0.05) is 0 Å². The fraction of sp³-hybridized carbons (Fsp3) is 0.333. The van der Waals surface area contributed by atoms with Gasteiger partial charge in [-0.3, -0.25) is 0 Å². The van der Waals surface area contributed by atoms with E-state index in [4.69, 9.17) is 6.42 Å². The van der Waals surface area contributed by atoms with E-state index < -0.39 is 5.95 Å². The van der Waals surface area contributed by atoms with Crippen molar-refractivity contribution in [3.8, 4) is 12.3 Å². The van der Waals surface area contributed by atoms with E-state index >= 15 is 0 Å². The van der Waals surface area contributed by atoms with Gasteiger partial charge in [-0.05, 0) is 6.42 Å². The fourth-order valence-electron chi connectivity index (χ4n) is 0.837. The van der Waals surface area contributed by atoms with Crippen LogP contribution >= 0.6 is 0 Å². The van der Waals surface area contributed by atoms with Gasteiger partial charge in [0.1, 0.15) is 12.1 Å². The van der Waals surface area contributed by atoms with E-state index in [2.05, 4.69) is 21.2 Å². The van der Waals surface area contributed by atoms with Gasteiger partial charge in [0.2, 0.25) is 5.95 Å². The van der Waals surface area contributed by atoms with Crippen LogP contribution in [0.1, 0.15) is 12.8 Å². The zero-order valence-electron chi connectivity index (χ0n) is 7.13. The Kier molecular flexibility index (Phi) is 3.71. The molecular formula is C9H10FN3. The molecule has 1 heterocycles. The van der Waals surface area contributed by atoms with Crippen LogP contribution in [-0.4, -0.2) is 16.5 Å². The predicted octanol–water partition coefficient (Wildman–Crippen LogP) is 1.44. The Labute approximate surface area is 76.4 Å². The monoisotopic (exact) mass is 179 g/mol. The molecule has 0 radical (unpaired) electrons. The third kappa shape index (κ3) is 3.52. The molecule has 68 valence electrons. The van der Waals surface area contributed by atoms with Crippen LogP contribution in [-0.2, 0) is 0 Å². The average Bonchev–Trinajstić information content (AvgIpc) is 2.13. The topological polar surface area (TPSA) is 37.8 Å². The smallest absolute Gasteiger partial charge is 0.217 e. The number of anilines is 1. The van der Waals surface area contributed by atoms with Crippen LogP contribution in [0.3, 0.4) is 0 Å². The summed E-state index contributed by atoms with van der Waals surface area (Å²) in [6, 6.07) is 1.25. The van der Waals surface area contributed by atoms with Gasteiger partial charge in [-0.2, -0.15) is 4.39 Å². The van der Waals surface area contributed by atoms with Crippen LogP contribution in [0, 0.1) is 18.3 Å². The van der Waals surface area contributed by atoms with Crippen molar-refractivity contribution in [2.24, 2.45) is 0 Å². The maximum absolute atomic E-state index is 12.5. The SMILES string of the molecule is C#CCCCNc1cc(F)ncn1. The van der Waals surface area contributed by atoms with Crippen molar-refractivity contribution in [1.29, 1.82) is 0 Å². The summed E-state index contributed by atoms with van der Waals surface area (Å²) in [5.41, 5.74) is 0. The molecule has 1 aromatic heterocycles. The molecule has 0 unspecified atom stereocenters. The number of terminal acetylenes is 1. The quantitative estimate of drug-likeness (QED) is 0.431. The average molecular weight is 179 g/mol. The summed E-state index contributed by atoms with van der Waals surface area (Å²) in [5.74, 6) is 2.48. The minimum Gasteiger partial charge on any atom is -0.370 e. The summed E-state index contributed by atoms with van der Waals surface area (Å²) in [6.07, 6.45) is 7.81. The molecule has 4 heteroatoms. The maximum atomic E-state index is 12.5. The summed E-state index contributed by atoms with van der Waals surface area (Å²) >= 11 is 0. The number of rotatable bonds is 4. The van der Waals surface area contributed by atoms with E-state index in [-0.39, 0.29) is 0 Å². The van der Waals surface area contributed by atoms with Crippen LogP contribution in [0.15, 0.2) is 12.4 Å². The Morgan fingerprint density at radius 2 is 2.38 bits per heavy atom. The van der Waals surface area contributed by atoms with Crippen molar-refractivity contribution in [2.45, 2.75) is 12.8 Å². The molecule has 3 nitrogen and oxygen atoms in total. The zero-order valence-corrected chi connectivity index (χ0v) is 7.13. The van der Waals surface area contributed by atoms with E-state index in [9.17, 15) is 4.39 Å². The first-order valence-corrected chi connectivity index (χ1v) is 3.98. The largest absolute Gasteiger partial charge is 0.370 e. The van der Waals surface area contributed by atoms with Crippen molar-refractivity contribution >= 4 is 5.82 Å². The summed E-state index contributed by atoms with van der Waals surface area (Å²) in [6.45, 7) is 0.695. The third-order valence-corrected chi connectivity index (χ3v) is 1.44. The lowest BCUT2D eigenvalue weighted by molar-refractivity contribution is 0.580. The Morgan fingerprint density at radius 1 is 1.54 bits per heavy atom. The molecule has 0 aliphatic rings. The van der Waals surface area contributed by atoms with Gasteiger partial charge in [0.05, 0.1) is 0 Å². The molecule has 0 aliphatic heterocycles. The molecular weight excluding hydrogens is 169 g/mol. The first-order valence-electron chi connectivity index (χ1n) is 3.98. The summed E-state index contributed by atoms with van der Waals surface area (Å²) in [4.78, 5) is 7.16. The second kappa shape index (κ2) is 5.09. The maximum Gasteiger partial charge on any atom is 0.217 e. The molecule has 0 aliphatic carbocycles. The fourth-order valence-corrected chi connectivity index (χ4v) is 0.837. The number of halogens is 1. The lowest BCUT2D eigenvalue weighted by Crippen LogP contribution is -2.03. The molecule has 0 saturated heterocycles. The van der Waals surface area contributed by atoms with E-state index in [0.29, 0.717) is 18.8 Å². The Hall–Kier alpha value is -1.63. The highest BCUT2D eigenvalue weighted by Gasteiger charge is 1.95. The Morgan fingerprint density at radius 3 is 3.08 bits per heavy atom. The standard InChI is InChI=1S/C9H10FN3/c1-2-3-4-5-11-9-6-8(10)12-7-13-9/h1,6-7H,3-5H2,(H,11,12,13). The number of aromatic nitrogens is 2. The van der Waals surface area contributed by atoms with Crippen molar-refractivity contribution < 1.29 is 4.39 Å². The zero-order chi connectivity index (χ0) is 9.52. The second-order valence-corrected chi connectivity index (χ2v) is 2.46. The highest BCUT2D eigenvalue weighted by atomic mass is 19.1. The first kappa shape index (κ1) is 9.46. The van der Waals surface area contributed by atoms with Crippen LogP contribution in [0.25, 0.3) is 0 Å². The highest BCUT2D eigenvalue weighted by molar-refractivity contribution is 5.31. The van der Waals surface area contributed by atoms with Crippen LogP contribution in [0.2, 0.25) is 0 Å². The van der Waals surface area contributed by atoms with Gasteiger partial charge in [-0.15, -0.1) is 12.3 Å². The number of hydrogen-bond acceptors (Lipinski definition) is 3. The van der Waals surface area contributed by atoms with Crippen molar-refractivity contribution in [3.05, 3.63) is 18.3 Å². The second-order valence-electron chi connectivity index (χ2n) is 2.46. The number of hydrogen-bond donors (Lipinski definition) is 1. The minimum absolute atomic E-state index is 0.490. The van der Waals surface area contributed by atoms with E-state index in [1.807, 2.05) is 0 Å². The normalized spacial score (nSPS) is 9.23. The van der Waals surface area contributed by atoms with Crippen LogP contribution in [0.5, 0.6) is 0 Å². The minimum atomic E-state index is -0.533. The van der Waals surface area contributed by atoms with Crippen molar-refractivity contribution in [1.82, 2.24) is 9.97 Å². The molecule has 0 spiro atoms. The van der Waals surface area contributed by atoms with E-state index in [1.54, 1.807) is 0 Å².